The maximum absolute atomic E-state index is 5.62. The van der Waals surface area contributed by atoms with E-state index >= 15 is 0 Å². The molecule has 0 spiro atoms. The van der Waals surface area contributed by atoms with Gasteiger partial charge in [0.2, 0.25) is 0 Å². The van der Waals surface area contributed by atoms with E-state index in [-0.39, 0.29) is 6.04 Å². The number of hydrogen-bond donors (Lipinski definition) is 1. The van der Waals surface area contributed by atoms with Crippen LogP contribution >= 0.6 is 0 Å². The maximum Gasteiger partial charge on any atom is 0.137 e. The van der Waals surface area contributed by atoms with Crippen LogP contribution in [0.2, 0.25) is 0 Å². The Morgan fingerprint density at radius 1 is 1.20 bits per heavy atom. The van der Waals surface area contributed by atoms with Crippen molar-refractivity contribution in [2.75, 3.05) is 40.1 Å². The van der Waals surface area contributed by atoms with Gasteiger partial charge in [-0.1, -0.05) is 13.8 Å². The number of pyridine rings is 1. The Hall–Kier alpha value is -1.17. The molecule has 0 aliphatic rings. The molecule has 0 aromatic carbocycles. The molecule has 20 heavy (non-hydrogen) atoms. The number of aromatic nitrogens is 1. The second-order valence-electron chi connectivity index (χ2n) is 4.48. The Kier molecular flexibility index (Phi) is 8.95. The predicted octanol–water partition coefficient (Wildman–Crippen LogP) is 2.18. The molecular weight excluding hydrogens is 256 g/mol. The molecule has 0 radical (unpaired) electrons. The summed E-state index contributed by atoms with van der Waals surface area (Å²) < 4.78 is 16.2. The lowest BCUT2D eigenvalue weighted by Gasteiger charge is -2.18. The van der Waals surface area contributed by atoms with Crippen molar-refractivity contribution in [3.63, 3.8) is 0 Å². The van der Waals surface area contributed by atoms with E-state index in [0.29, 0.717) is 26.4 Å². The summed E-state index contributed by atoms with van der Waals surface area (Å²) in [4.78, 5) is 4.24. The third-order valence-electron chi connectivity index (χ3n) is 2.78. The largest absolute Gasteiger partial charge is 0.492 e. The first kappa shape index (κ1) is 16.9. The highest BCUT2D eigenvalue weighted by atomic mass is 16.5. The fourth-order valence-electron chi connectivity index (χ4n) is 1.79. The number of nitrogens with one attached hydrogen (secondary N) is 1. The van der Waals surface area contributed by atoms with Gasteiger partial charge in [-0.05, 0) is 24.6 Å². The first-order valence-corrected chi connectivity index (χ1v) is 7.19. The summed E-state index contributed by atoms with van der Waals surface area (Å²) in [6.07, 6.45) is 4.58. The summed E-state index contributed by atoms with van der Waals surface area (Å²) in [5.41, 5.74) is 1.08. The molecule has 1 rings (SSSR count). The molecule has 5 heteroatoms. The lowest BCUT2D eigenvalue weighted by molar-refractivity contribution is 0.0587. The lowest BCUT2D eigenvalue weighted by atomic mass is 10.1. The number of hydrogen-bond acceptors (Lipinski definition) is 5. The van der Waals surface area contributed by atoms with Gasteiger partial charge in [-0.15, -0.1) is 0 Å². The minimum absolute atomic E-state index is 0.120. The van der Waals surface area contributed by atoms with Gasteiger partial charge in [-0.25, -0.2) is 0 Å². The number of rotatable bonds is 11. The summed E-state index contributed by atoms with van der Waals surface area (Å²) in [5, 5.41) is 3.40. The topological polar surface area (TPSA) is 52.6 Å². The highest BCUT2D eigenvalue weighted by molar-refractivity contribution is 5.26. The van der Waals surface area contributed by atoms with Crippen LogP contribution in [0, 0.1) is 0 Å². The summed E-state index contributed by atoms with van der Waals surface area (Å²) in [5.74, 6) is 0.809. The van der Waals surface area contributed by atoms with Gasteiger partial charge in [0.05, 0.1) is 38.7 Å². The second kappa shape index (κ2) is 10.6. The Morgan fingerprint density at radius 3 is 2.75 bits per heavy atom. The van der Waals surface area contributed by atoms with Crippen LogP contribution in [-0.4, -0.2) is 45.1 Å². The van der Waals surface area contributed by atoms with E-state index < -0.39 is 0 Å². The fraction of sp³-hybridized carbons (Fsp3) is 0.667. The summed E-state index contributed by atoms with van der Waals surface area (Å²) in [7, 11) is 1.67. The van der Waals surface area contributed by atoms with Crippen LogP contribution in [0.3, 0.4) is 0 Å². The summed E-state index contributed by atoms with van der Waals surface area (Å²) in [6.45, 7) is 7.54. The van der Waals surface area contributed by atoms with Gasteiger partial charge in [0.25, 0.3) is 0 Å². The average Bonchev–Trinajstić information content (AvgIpc) is 2.48. The smallest absolute Gasteiger partial charge is 0.137 e. The van der Waals surface area contributed by atoms with Crippen LogP contribution in [0.25, 0.3) is 0 Å². The van der Waals surface area contributed by atoms with Gasteiger partial charge >= 0.3 is 0 Å². The van der Waals surface area contributed by atoms with E-state index in [2.05, 4.69) is 24.1 Å². The molecule has 1 N–H and O–H groups in total. The van der Waals surface area contributed by atoms with Crippen molar-refractivity contribution in [3.05, 3.63) is 24.0 Å². The molecule has 0 aliphatic heterocycles. The fourth-order valence-corrected chi connectivity index (χ4v) is 1.79. The highest BCUT2D eigenvalue weighted by Crippen LogP contribution is 2.18. The van der Waals surface area contributed by atoms with Crippen molar-refractivity contribution in [1.29, 1.82) is 0 Å². The zero-order valence-electron chi connectivity index (χ0n) is 12.7. The molecule has 1 aromatic rings. The third kappa shape index (κ3) is 6.32. The van der Waals surface area contributed by atoms with Crippen molar-refractivity contribution < 1.29 is 14.2 Å². The quantitative estimate of drug-likeness (QED) is 0.630. The van der Waals surface area contributed by atoms with Gasteiger partial charge in [0.1, 0.15) is 5.75 Å². The van der Waals surface area contributed by atoms with Crippen LogP contribution in [0.15, 0.2) is 18.5 Å². The molecule has 0 amide bonds. The normalized spacial score (nSPS) is 12.3. The van der Waals surface area contributed by atoms with E-state index in [1.165, 1.54) is 0 Å². The Balaban J connectivity index is 2.59. The molecule has 0 fully saturated rings. The zero-order valence-corrected chi connectivity index (χ0v) is 12.7. The number of likely N-dealkylation sites (N-methyl/N-ethyl adjacent to an activating group) is 1. The molecule has 114 valence electrons. The molecule has 0 saturated heterocycles. The molecule has 0 bridgehead atoms. The Morgan fingerprint density at radius 2 is 2.05 bits per heavy atom. The van der Waals surface area contributed by atoms with E-state index in [1.807, 2.05) is 12.3 Å². The van der Waals surface area contributed by atoms with Crippen LogP contribution < -0.4 is 10.1 Å². The van der Waals surface area contributed by atoms with Crippen LogP contribution in [-0.2, 0) is 9.47 Å². The van der Waals surface area contributed by atoms with Gasteiger partial charge < -0.3 is 19.5 Å². The SMILES string of the molecule is CCCOc1cncc(C(COCCOC)NCC)c1. The second-order valence-corrected chi connectivity index (χ2v) is 4.48. The average molecular weight is 282 g/mol. The number of methoxy groups -OCH3 is 1. The Labute approximate surface area is 121 Å². The monoisotopic (exact) mass is 282 g/mol. The predicted molar refractivity (Wildman–Crippen MR) is 79.1 cm³/mol. The van der Waals surface area contributed by atoms with Gasteiger partial charge in [0.15, 0.2) is 0 Å². The molecule has 5 nitrogen and oxygen atoms in total. The minimum atomic E-state index is 0.120. The molecule has 1 unspecified atom stereocenters. The van der Waals surface area contributed by atoms with E-state index in [0.717, 1.165) is 24.3 Å². The van der Waals surface area contributed by atoms with E-state index in [9.17, 15) is 0 Å². The van der Waals surface area contributed by atoms with Crippen molar-refractivity contribution >= 4 is 0 Å². The standard InChI is InChI=1S/C15H26N2O3/c1-4-6-20-14-9-13(10-16-11-14)15(17-5-2)12-19-8-7-18-3/h9-11,15,17H,4-8,12H2,1-3H3. The van der Waals surface area contributed by atoms with Gasteiger partial charge in [-0.2, -0.15) is 0 Å². The number of ether oxygens (including phenoxy) is 3. The summed E-state index contributed by atoms with van der Waals surface area (Å²) >= 11 is 0. The molecule has 0 saturated carbocycles. The van der Waals surface area contributed by atoms with Crippen LogP contribution in [0.1, 0.15) is 31.9 Å². The van der Waals surface area contributed by atoms with Crippen LogP contribution in [0.5, 0.6) is 5.75 Å². The van der Waals surface area contributed by atoms with Crippen molar-refractivity contribution in [3.8, 4) is 5.75 Å². The van der Waals surface area contributed by atoms with Gasteiger partial charge in [-0.3, -0.25) is 4.98 Å². The molecular formula is C15H26N2O3. The minimum Gasteiger partial charge on any atom is -0.492 e. The first-order chi connectivity index (χ1) is 9.81. The van der Waals surface area contributed by atoms with Crippen molar-refractivity contribution in [2.24, 2.45) is 0 Å². The third-order valence-corrected chi connectivity index (χ3v) is 2.78. The molecule has 1 heterocycles. The first-order valence-electron chi connectivity index (χ1n) is 7.19. The molecule has 1 aromatic heterocycles. The van der Waals surface area contributed by atoms with E-state index in [1.54, 1.807) is 13.3 Å². The Bertz CT molecular complexity index is 361. The lowest BCUT2D eigenvalue weighted by Crippen LogP contribution is -2.26. The molecule has 1 atom stereocenters. The zero-order chi connectivity index (χ0) is 14.6. The van der Waals surface area contributed by atoms with Crippen molar-refractivity contribution in [2.45, 2.75) is 26.3 Å². The van der Waals surface area contributed by atoms with Crippen LogP contribution in [0.4, 0.5) is 0 Å². The number of nitrogens with zero attached hydrogens (tertiary/aromatic N) is 1. The summed E-state index contributed by atoms with van der Waals surface area (Å²) in [6, 6.07) is 2.14. The highest BCUT2D eigenvalue weighted by Gasteiger charge is 2.12. The van der Waals surface area contributed by atoms with E-state index in [4.69, 9.17) is 14.2 Å². The van der Waals surface area contributed by atoms with Gasteiger partial charge in [0, 0.05) is 13.3 Å². The molecule has 0 aliphatic carbocycles. The van der Waals surface area contributed by atoms with Crippen molar-refractivity contribution in [1.82, 2.24) is 10.3 Å². The maximum atomic E-state index is 5.62.